The molecular formula is C16H23N5. The molecule has 1 fully saturated rings. The molecule has 1 aromatic carbocycles. The molecule has 2 aromatic rings. The molecule has 0 radical (unpaired) electrons. The summed E-state index contributed by atoms with van der Waals surface area (Å²) in [6, 6.07) is 10.6. The van der Waals surface area contributed by atoms with E-state index < -0.39 is 0 Å². The Labute approximate surface area is 126 Å². The smallest absolute Gasteiger partial charge is 0.0969 e. The molecule has 1 aliphatic heterocycles. The van der Waals surface area contributed by atoms with Crippen molar-refractivity contribution < 1.29 is 0 Å². The molecule has 1 unspecified atom stereocenters. The first-order valence-corrected chi connectivity index (χ1v) is 7.74. The van der Waals surface area contributed by atoms with E-state index in [1.54, 1.807) is 4.80 Å². The number of benzene rings is 1. The zero-order valence-corrected chi connectivity index (χ0v) is 12.6. The van der Waals surface area contributed by atoms with Crippen LogP contribution >= 0.6 is 0 Å². The van der Waals surface area contributed by atoms with Crippen LogP contribution in [-0.2, 0) is 6.54 Å². The van der Waals surface area contributed by atoms with Crippen molar-refractivity contribution in [3.8, 4) is 5.69 Å². The fourth-order valence-electron chi connectivity index (χ4n) is 2.78. The van der Waals surface area contributed by atoms with Gasteiger partial charge in [-0.2, -0.15) is 15.0 Å². The largest absolute Gasteiger partial charge is 0.310 e. The lowest BCUT2D eigenvalue weighted by Crippen LogP contribution is -2.38. The topological polar surface area (TPSA) is 46.0 Å². The molecule has 1 aliphatic rings. The van der Waals surface area contributed by atoms with Gasteiger partial charge in [-0.3, -0.25) is 4.90 Å². The maximum atomic E-state index is 4.50. The van der Waals surface area contributed by atoms with Crippen LogP contribution in [0.25, 0.3) is 5.69 Å². The number of hydrogen-bond donors (Lipinski definition) is 1. The SMILES string of the molecule is CC(CNCc1cnn(-c2ccccc2)n1)N1CCCC1. The van der Waals surface area contributed by atoms with E-state index in [9.17, 15) is 0 Å². The van der Waals surface area contributed by atoms with Crippen molar-refractivity contribution in [2.45, 2.75) is 32.4 Å². The van der Waals surface area contributed by atoms with Crippen molar-refractivity contribution in [1.29, 1.82) is 0 Å². The van der Waals surface area contributed by atoms with Crippen LogP contribution in [0.1, 0.15) is 25.5 Å². The van der Waals surface area contributed by atoms with Crippen LogP contribution in [0.2, 0.25) is 0 Å². The van der Waals surface area contributed by atoms with Gasteiger partial charge >= 0.3 is 0 Å². The van der Waals surface area contributed by atoms with Crippen LogP contribution in [0, 0.1) is 0 Å². The zero-order valence-electron chi connectivity index (χ0n) is 12.6. The third-order valence-corrected chi connectivity index (χ3v) is 4.04. The first kappa shape index (κ1) is 14.2. The summed E-state index contributed by atoms with van der Waals surface area (Å²) in [5.41, 5.74) is 1.97. The summed E-state index contributed by atoms with van der Waals surface area (Å²) in [4.78, 5) is 4.23. The van der Waals surface area contributed by atoms with Gasteiger partial charge in [0.05, 0.1) is 17.6 Å². The minimum absolute atomic E-state index is 0.594. The second kappa shape index (κ2) is 6.83. The quantitative estimate of drug-likeness (QED) is 0.880. The number of nitrogens with one attached hydrogen (secondary N) is 1. The molecule has 0 aliphatic carbocycles. The summed E-state index contributed by atoms with van der Waals surface area (Å²) < 4.78 is 0. The number of aromatic nitrogens is 3. The normalized spacial score (nSPS) is 17.2. The molecule has 112 valence electrons. The van der Waals surface area contributed by atoms with Gasteiger partial charge in [0.1, 0.15) is 0 Å². The van der Waals surface area contributed by atoms with Gasteiger partial charge < -0.3 is 5.32 Å². The highest BCUT2D eigenvalue weighted by atomic mass is 15.5. The molecule has 3 rings (SSSR count). The monoisotopic (exact) mass is 285 g/mol. The average molecular weight is 285 g/mol. The van der Waals surface area contributed by atoms with E-state index in [4.69, 9.17) is 0 Å². The fourth-order valence-corrected chi connectivity index (χ4v) is 2.78. The minimum atomic E-state index is 0.594. The lowest BCUT2D eigenvalue weighted by Gasteiger charge is -2.23. The van der Waals surface area contributed by atoms with Gasteiger partial charge in [-0.25, -0.2) is 0 Å². The molecule has 1 N–H and O–H groups in total. The van der Waals surface area contributed by atoms with Crippen LogP contribution in [0.15, 0.2) is 36.5 Å². The van der Waals surface area contributed by atoms with Crippen LogP contribution in [0.4, 0.5) is 0 Å². The van der Waals surface area contributed by atoms with E-state index >= 15 is 0 Å². The Morgan fingerprint density at radius 1 is 1.19 bits per heavy atom. The Hall–Kier alpha value is -1.72. The molecule has 0 saturated carbocycles. The Morgan fingerprint density at radius 3 is 2.71 bits per heavy atom. The summed E-state index contributed by atoms with van der Waals surface area (Å²) in [5.74, 6) is 0. The molecule has 0 spiro atoms. The van der Waals surface area contributed by atoms with E-state index in [1.807, 2.05) is 36.5 Å². The van der Waals surface area contributed by atoms with Crippen LogP contribution < -0.4 is 5.32 Å². The Balaban J connectivity index is 1.49. The molecule has 1 aromatic heterocycles. The third kappa shape index (κ3) is 3.68. The van der Waals surface area contributed by atoms with E-state index in [2.05, 4.69) is 27.3 Å². The van der Waals surface area contributed by atoms with Crippen molar-refractivity contribution in [1.82, 2.24) is 25.2 Å². The summed E-state index contributed by atoms with van der Waals surface area (Å²) in [5, 5.41) is 12.3. The van der Waals surface area contributed by atoms with Crippen molar-refractivity contribution in [2.75, 3.05) is 19.6 Å². The molecule has 5 nitrogen and oxygen atoms in total. The van der Waals surface area contributed by atoms with Gasteiger partial charge in [0, 0.05) is 19.1 Å². The summed E-state index contributed by atoms with van der Waals surface area (Å²) >= 11 is 0. The van der Waals surface area contributed by atoms with Crippen molar-refractivity contribution in [2.24, 2.45) is 0 Å². The number of likely N-dealkylation sites (tertiary alicyclic amines) is 1. The van der Waals surface area contributed by atoms with Gasteiger partial charge in [-0.05, 0) is 45.0 Å². The molecule has 0 bridgehead atoms. The van der Waals surface area contributed by atoms with Crippen molar-refractivity contribution in [3.05, 3.63) is 42.2 Å². The maximum absolute atomic E-state index is 4.50. The maximum Gasteiger partial charge on any atom is 0.0969 e. The van der Waals surface area contributed by atoms with E-state index in [1.165, 1.54) is 25.9 Å². The van der Waals surface area contributed by atoms with E-state index in [0.29, 0.717) is 6.04 Å². The van der Waals surface area contributed by atoms with Gasteiger partial charge in [-0.15, -0.1) is 0 Å². The summed E-state index contributed by atoms with van der Waals surface area (Å²) in [6.45, 7) is 6.54. The number of nitrogens with zero attached hydrogens (tertiary/aromatic N) is 4. The van der Waals surface area contributed by atoms with Crippen molar-refractivity contribution in [3.63, 3.8) is 0 Å². The molecule has 5 heteroatoms. The molecule has 2 heterocycles. The first-order valence-electron chi connectivity index (χ1n) is 7.74. The second-order valence-corrected chi connectivity index (χ2v) is 5.68. The summed E-state index contributed by atoms with van der Waals surface area (Å²) in [6.07, 6.45) is 4.52. The second-order valence-electron chi connectivity index (χ2n) is 5.68. The number of hydrogen-bond acceptors (Lipinski definition) is 4. The van der Waals surface area contributed by atoms with E-state index in [-0.39, 0.29) is 0 Å². The third-order valence-electron chi connectivity index (χ3n) is 4.04. The highest BCUT2D eigenvalue weighted by Crippen LogP contribution is 2.11. The molecule has 1 atom stereocenters. The predicted octanol–water partition coefficient (Wildman–Crippen LogP) is 1.84. The lowest BCUT2D eigenvalue weighted by atomic mass is 10.3. The Bertz CT molecular complexity index is 545. The van der Waals surface area contributed by atoms with Gasteiger partial charge in [-0.1, -0.05) is 18.2 Å². The number of para-hydroxylation sites is 1. The van der Waals surface area contributed by atoms with Crippen LogP contribution in [-0.4, -0.2) is 45.6 Å². The van der Waals surface area contributed by atoms with E-state index in [0.717, 1.165) is 24.5 Å². The number of rotatable bonds is 6. The highest BCUT2D eigenvalue weighted by Gasteiger charge is 2.17. The predicted molar refractivity (Wildman–Crippen MR) is 83.3 cm³/mol. The molecule has 21 heavy (non-hydrogen) atoms. The zero-order chi connectivity index (χ0) is 14.5. The minimum Gasteiger partial charge on any atom is -0.310 e. The van der Waals surface area contributed by atoms with Gasteiger partial charge in [0.25, 0.3) is 0 Å². The molecular weight excluding hydrogens is 262 g/mol. The highest BCUT2D eigenvalue weighted by molar-refractivity contribution is 5.28. The summed E-state index contributed by atoms with van der Waals surface area (Å²) in [7, 11) is 0. The molecule has 0 amide bonds. The van der Waals surface area contributed by atoms with Crippen LogP contribution in [0.3, 0.4) is 0 Å². The van der Waals surface area contributed by atoms with Gasteiger partial charge in [0.2, 0.25) is 0 Å². The Kier molecular flexibility index (Phi) is 4.62. The lowest BCUT2D eigenvalue weighted by molar-refractivity contribution is 0.251. The molecule has 1 saturated heterocycles. The average Bonchev–Trinajstić information content (AvgIpc) is 3.20. The fraction of sp³-hybridized carbons (Fsp3) is 0.500. The van der Waals surface area contributed by atoms with Crippen molar-refractivity contribution >= 4 is 0 Å². The Morgan fingerprint density at radius 2 is 1.95 bits per heavy atom. The first-order chi connectivity index (χ1) is 10.3. The van der Waals surface area contributed by atoms with Gasteiger partial charge in [0.15, 0.2) is 0 Å². The standard InChI is InChI=1S/C16H23N5/c1-14(20-9-5-6-10-20)11-17-12-15-13-18-21(19-15)16-7-3-2-4-8-16/h2-4,7-8,13-14,17H,5-6,9-12H2,1H3. The van der Waals surface area contributed by atoms with Crippen LogP contribution in [0.5, 0.6) is 0 Å².